The highest BCUT2D eigenvalue weighted by molar-refractivity contribution is 5.80. The first-order valence-electron chi connectivity index (χ1n) is 4.84. The number of hydrogen-bond acceptors (Lipinski definition) is 3. The molecule has 4 heteroatoms. The standard InChI is InChI=1S/C10H17N3O/c1-8(7-11)9(14)3-4-10-12-5-6-13(10)2/h5-6,8H,3-4,7,11H2,1-2H3. The van der Waals surface area contributed by atoms with Gasteiger partial charge in [0.1, 0.15) is 11.6 Å². The number of nitrogens with zero attached hydrogens (tertiary/aromatic N) is 2. The predicted molar refractivity (Wildman–Crippen MR) is 54.8 cm³/mol. The van der Waals surface area contributed by atoms with Crippen molar-refractivity contribution in [3.8, 4) is 0 Å². The van der Waals surface area contributed by atoms with Gasteiger partial charge in [-0.25, -0.2) is 4.98 Å². The second kappa shape index (κ2) is 4.91. The topological polar surface area (TPSA) is 60.9 Å². The van der Waals surface area contributed by atoms with E-state index in [4.69, 9.17) is 5.73 Å². The molecule has 0 aromatic carbocycles. The van der Waals surface area contributed by atoms with E-state index in [2.05, 4.69) is 4.98 Å². The summed E-state index contributed by atoms with van der Waals surface area (Å²) in [5.41, 5.74) is 5.41. The Morgan fingerprint density at radius 1 is 1.71 bits per heavy atom. The zero-order valence-corrected chi connectivity index (χ0v) is 8.73. The lowest BCUT2D eigenvalue weighted by Crippen LogP contribution is -2.21. The van der Waals surface area contributed by atoms with Crippen LogP contribution in [0.1, 0.15) is 19.2 Å². The Hall–Kier alpha value is -1.16. The van der Waals surface area contributed by atoms with Crippen LogP contribution in [0.4, 0.5) is 0 Å². The largest absolute Gasteiger partial charge is 0.338 e. The van der Waals surface area contributed by atoms with Crippen LogP contribution in [-0.4, -0.2) is 21.9 Å². The van der Waals surface area contributed by atoms with Crippen LogP contribution in [0.3, 0.4) is 0 Å². The van der Waals surface area contributed by atoms with E-state index >= 15 is 0 Å². The van der Waals surface area contributed by atoms with Crippen LogP contribution in [0.15, 0.2) is 12.4 Å². The van der Waals surface area contributed by atoms with Gasteiger partial charge in [-0.3, -0.25) is 4.79 Å². The molecule has 0 saturated carbocycles. The highest BCUT2D eigenvalue weighted by Crippen LogP contribution is 2.04. The van der Waals surface area contributed by atoms with Crippen LogP contribution in [-0.2, 0) is 18.3 Å². The molecule has 0 radical (unpaired) electrons. The third-order valence-corrected chi connectivity index (χ3v) is 2.42. The number of nitrogens with two attached hydrogens (primary N) is 1. The minimum absolute atomic E-state index is 0.0322. The maximum Gasteiger partial charge on any atom is 0.137 e. The van der Waals surface area contributed by atoms with Crippen molar-refractivity contribution in [2.24, 2.45) is 18.7 Å². The van der Waals surface area contributed by atoms with E-state index in [-0.39, 0.29) is 11.7 Å². The minimum Gasteiger partial charge on any atom is -0.338 e. The second-order valence-corrected chi connectivity index (χ2v) is 3.56. The van der Waals surface area contributed by atoms with Gasteiger partial charge in [0.25, 0.3) is 0 Å². The summed E-state index contributed by atoms with van der Waals surface area (Å²) < 4.78 is 1.93. The molecule has 0 bridgehead atoms. The lowest BCUT2D eigenvalue weighted by molar-refractivity contribution is -0.122. The van der Waals surface area contributed by atoms with Crippen LogP contribution in [0.5, 0.6) is 0 Å². The number of rotatable bonds is 5. The molecule has 1 heterocycles. The van der Waals surface area contributed by atoms with Gasteiger partial charge >= 0.3 is 0 Å². The van der Waals surface area contributed by atoms with Crippen molar-refractivity contribution < 1.29 is 4.79 Å². The van der Waals surface area contributed by atoms with Gasteiger partial charge in [-0.2, -0.15) is 0 Å². The lowest BCUT2D eigenvalue weighted by atomic mass is 10.0. The van der Waals surface area contributed by atoms with Crippen LogP contribution in [0.25, 0.3) is 0 Å². The fourth-order valence-electron chi connectivity index (χ4n) is 1.25. The molecule has 2 N–H and O–H groups in total. The Morgan fingerprint density at radius 2 is 2.43 bits per heavy atom. The summed E-state index contributed by atoms with van der Waals surface area (Å²) in [6.45, 7) is 2.29. The van der Waals surface area contributed by atoms with Crippen molar-refractivity contribution in [3.05, 3.63) is 18.2 Å². The molecular weight excluding hydrogens is 178 g/mol. The molecule has 1 aromatic rings. The smallest absolute Gasteiger partial charge is 0.137 e. The van der Waals surface area contributed by atoms with E-state index < -0.39 is 0 Å². The summed E-state index contributed by atoms with van der Waals surface area (Å²) in [4.78, 5) is 15.6. The van der Waals surface area contributed by atoms with Gasteiger partial charge in [0.05, 0.1) is 0 Å². The Balaban J connectivity index is 2.41. The van der Waals surface area contributed by atoms with Crippen LogP contribution < -0.4 is 5.73 Å². The summed E-state index contributed by atoms with van der Waals surface area (Å²) in [6, 6.07) is 0. The van der Waals surface area contributed by atoms with Gasteiger partial charge in [0, 0.05) is 44.7 Å². The van der Waals surface area contributed by atoms with E-state index in [1.807, 2.05) is 24.7 Å². The number of aryl methyl sites for hydroxylation is 2. The summed E-state index contributed by atoms with van der Waals surface area (Å²) in [5, 5.41) is 0. The molecule has 4 nitrogen and oxygen atoms in total. The maximum atomic E-state index is 11.5. The highest BCUT2D eigenvalue weighted by Gasteiger charge is 2.11. The Morgan fingerprint density at radius 3 is 2.93 bits per heavy atom. The molecule has 0 aliphatic carbocycles. The lowest BCUT2D eigenvalue weighted by Gasteiger charge is -2.06. The third-order valence-electron chi connectivity index (χ3n) is 2.42. The number of Topliss-reactive ketones (excluding diaryl/α,β-unsaturated/α-hetero) is 1. The number of imidazole rings is 1. The van der Waals surface area contributed by atoms with Gasteiger partial charge < -0.3 is 10.3 Å². The third kappa shape index (κ3) is 2.67. The molecule has 0 spiro atoms. The average molecular weight is 195 g/mol. The molecule has 0 saturated heterocycles. The molecule has 0 aliphatic rings. The van der Waals surface area contributed by atoms with E-state index in [0.717, 1.165) is 5.82 Å². The molecule has 1 unspecified atom stereocenters. The van der Waals surface area contributed by atoms with Gasteiger partial charge in [0.2, 0.25) is 0 Å². The number of carbonyl (C=O) groups excluding carboxylic acids is 1. The van der Waals surface area contributed by atoms with Crippen molar-refractivity contribution in [3.63, 3.8) is 0 Å². The van der Waals surface area contributed by atoms with Crippen molar-refractivity contribution in [2.75, 3.05) is 6.54 Å². The summed E-state index contributed by atoms with van der Waals surface area (Å²) in [6.07, 6.45) is 4.86. The van der Waals surface area contributed by atoms with Crippen LogP contribution in [0, 0.1) is 5.92 Å². The number of aromatic nitrogens is 2. The van der Waals surface area contributed by atoms with Gasteiger partial charge in [-0.05, 0) is 0 Å². The molecule has 1 rings (SSSR count). The molecular formula is C10H17N3O. The summed E-state index contributed by atoms with van der Waals surface area (Å²) >= 11 is 0. The van der Waals surface area contributed by atoms with Crippen LogP contribution >= 0.6 is 0 Å². The van der Waals surface area contributed by atoms with E-state index in [0.29, 0.717) is 19.4 Å². The predicted octanol–water partition coefficient (Wildman–Crippen LogP) is 0.517. The molecule has 1 atom stereocenters. The van der Waals surface area contributed by atoms with Crippen molar-refractivity contribution in [1.29, 1.82) is 0 Å². The maximum absolute atomic E-state index is 11.5. The molecule has 0 aliphatic heterocycles. The minimum atomic E-state index is -0.0322. The molecule has 14 heavy (non-hydrogen) atoms. The number of hydrogen-bond donors (Lipinski definition) is 1. The Labute approximate surface area is 84.1 Å². The first kappa shape index (κ1) is 10.9. The van der Waals surface area contributed by atoms with Crippen molar-refractivity contribution in [2.45, 2.75) is 19.8 Å². The highest BCUT2D eigenvalue weighted by atomic mass is 16.1. The summed E-state index contributed by atoms with van der Waals surface area (Å²) in [7, 11) is 1.93. The monoisotopic (exact) mass is 195 g/mol. The fourth-order valence-corrected chi connectivity index (χ4v) is 1.25. The number of carbonyl (C=O) groups is 1. The quantitative estimate of drug-likeness (QED) is 0.745. The second-order valence-electron chi connectivity index (χ2n) is 3.56. The first-order chi connectivity index (χ1) is 6.65. The van der Waals surface area contributed by atoms with Crippen molar-refractivity contribution in [1.82, 2.24) is 9.55 Å². The Kier molecular flexibility index (Phi) is 3.83. The zero-order chi connectivity index (χ0) is 10.6. The molecule has 1 aromatic heterocycles. The van der Waals surface area contributed by atoms with E-state index in [1.165, 1.54) is 0 Å². The van der Waals surface area contributed by atoms with Gasteiger partial charge in [-0.15, -0.1) is 0 Å². The van der Waals surface area contributed by atoms with Gasteiger partial charge in [0.15, 0.2) is 0 Å². The Bertz CT molecular complexity index is 306. The van der Waals surface area contributed by atoms with Crippen LogP contribution in [0.2, 0.25) is 0 Å². The fraction of sp³-hybridized carbons (Fsp3) is 0.600. The molecule has 0 amide bonds. The van der Waals surface area contributed by atoms with Crippen molar-refractivity contribution >= 4 is 5.78 Å². The van der Waals surface area contributed by atoms with E-state index in [9.17, 15) is 4.79 Å². The van der Waals surface area contributed by atoms with E-state index in [1.54, 1.807) is 6.20 Å². The molecule has 0 fully saturated rings. The zero-order valence-electron chi connectivity index (χ0n) is 8.73. The van der Waals surface area contributed by atoms with Gasteiger partial charge in [-0.1, -0.05) is 6.92 Å². The normalized spacial score (nSPS) is 12.8. The number of ketones is 1. The average Bonchev–Trinajstić information content (AvgIpc) is 2.59. The summed E-state index contributed by atoms with van der Waals surface area (Å²) in [5.74, 6) is 1.13. The molecule has 78 valence electrons. The SMILES string of the molecule is CC(CN)C(=O)CCc1nccn1C. The first-order valence-corrected chi connectivity index (χ1v) is 4.84.